The van der Waals surface area contributed by atoms with Gasteiger partial charge in [0, 0.05) is 0 Å². The largest absolute Gasteiger partial charge is 0.457 e. The topological polar surface area (TPSA) is 52.1 Å². The number of hydrogen-bond acceptors (Lipinski definition) is 4. The van der Waals surface area contributed by atoms with Gasteiger partial charge in [0.2, 0.25) is 0 Å². The zero-order chi connectivity index (χ0) is 13.8. The normalized spacial score (nSPS) is 10.3. The highest BCUT2D eigenvalue weighted by atomic mass is 127. The molecule has 6 heteroatoms. The van der Waals surface area contributed by atoms with E-state index in [0.717, 1.165) is 5.56 Å². The summed E-state index contributed by atoms with van der Waals surface area (Å²) in [6, 6.07) is 9.56. The van der Waals surface area contributed by atoms with Crippen LogP contribution in [0.15, 0.2) is 30.3 Å². The lowest BCUT2D eigenvalue weighted by Gasteiger charge is -2.08. The van der Waals surface area contributed by atoms with E-state index in [0.29, 0.717) is 18.8 Å². The van der Waals surface area contributed by atoms with E-state index in [9.17, 15) is 4.79 Å². The Balaban J connectivity index is 2.13. The Bertz CT molecular complexity index is 580. The van der Waals surface area contributed by atoms with Gasteiger partial charge in [0.15, 0.2) is 0 Å². The average molecular weight is 480 g/mol. The van der Waals surface area contributed by atoms with Crippen molar-refractivity contribution in [1.29, 1.82) is 0 Å². The van der Waals surface area contributed by atoms with Gasteiger partial charge in [0.05, 0.1) is 0 Å². The van der Waals surface area contributed by atoms with E-state index in [2.05, 4.69) is 9.97 Å². The molecule has 0 saturated carbocycles. The van der Waals surface area contributed by atoms with Crippen molar-refractivity contribution in [2.75, 3.05) is 0 Å². The molecular formula is C13H10I2N2O2. The number of aryl methyl sites for hydroxylation is 1. The second-order valence-electron chi connectivity index (χ2n) is 3.79. The molecule has 0 atom stereocenters. The predicted molar refractivity (Wildman–Crippen MR) is 87.8 cm³/mol. The Hall–Kier alpha value is -0.770. The number of benzene rings is 1. The lowest BCUT2D eigenvalue weighted by atomic mass is 10.2. The number of nitrogens with zero attached hydrogens (tertiary/aromatic N) is 2. The molecule has 2 aromatic rings. The molecule has 0 aliphatic carbocycles. The molecule has 0 aliphatic rings. The quantitative estimate of drug-likeness (QED) is 0.385. The Morgan fingerprint density at radius 2 is 1.74 bits per heavy atom. The summed E-state index contributed by atoms with van der Waals surface area (Å²) in [4.78, 5) is 20.4. The predicted octanol–water partition coefficient (Wildman–Crippen LogP) is 3.35. The number of carbonyl (C=O) groups is 1. The van der Waals surface area contributed by atoms with Crippen LogP contribution in [0.4, 0.5) is 0 Å². The number of carbonyl (C=O) groups excluding carboxylic acids is 1. The second kappa shape index (κ2) is 6.60. The first-order valence-electron chi connectivity index (χ1n) is 5.48. The maximum atomic E-state index is 12.1. The fourth-order valence-electron chi connectivity index (χ4n) is 1.47. The third-order valence-electron chi connectivity index (χ3n) is 2.35. The summed E-state index contributed by atoms with van der Waals surface area (Å²) in [5.41, 5.74) is 1.39. The van der Waals surface area contributed by atoms with Gasteiger partial charge in [-0.25, -0.2) is 14.8 Å². The van der Waals surface area contributed by atoms with E-state index in [-0.39, 0.29) is 6.61 Å². The lowest BCUT2D eigenvalue weighted by Crippen LogP contribution is -2.13. The maximum Gasteiger partial charge on any atom is 0.343 e. The SMILES string of the molecule is Cc1nc(I)c(C(=O)OCc2ccccc2)c(I)n1. The summed E-state index contributed by atoms with van der Waals surface area (Å²) in [5.74, 6) is 0.256. The van der Waals surface area contributed by atoms with E-state index >= 15 is 0 Å². The first kappa shape index (κ1) is 14.6. The number of esters is 1. The fraction of sp³-hybridized carbons (Fsp3) is 0.154. The van der Waals surface area contributed by atoms with E-state index in [1.807, 2.05) is 75.5 Å². The van der Waals surface area contributed by atoms with Gasteiger partial charge in [-0.2, -0.15) is 0 Å². The highest BCUT2D eigenvalue weighted by Gasteiger charge is 2.18. The molecule has 4 nitrogen and oxygen atoms in total. The van der Waals surface area contributed by atoms with E-state index < -0.39 is 5.97 Å². The Morgan fingerprint density at radius 1 is 1.16 bits per heavy atom. The van der Waals surface area contributed by atoms with Crippen molar-refractivity contribution in [3.05, 3.63) is 54.7 Å². The molecule has 0 amide bonds. The van der Waals surface area contributed by atoms with Gasteiger partial charge in [-0.05, 0) is 57.7 Å². The summed E-state index contributed by atoms with van der Waals surface area (Å²) >= 11 is 4.05. The van der Waals surface area contributed by atoms with Crippen LogP contribution in [0, 0.1) is 14.3 Å². The Morgan fingerprint density at radius 3 is 2.32 bits per heavy atom. The lowest BCUT2D eigenvalue weighted by molar-refractivity contribution is 0.0468. The molecule has 1 aromatic carbocycles. The van der Waals surface area contributed by atoms with Gasteiger partial charge in [-0.1, -0.05) is 30.3 Å². The molecule has 0 bridgehead atoms. The van der Waals surface area contributed by atoms with Crippen molar-refractivity contribution >= 4 is 51.2 Å². The van der Waals surface area contributed by atoms with Crippen LogP contribution in [0.1, 0.15) is 21.7 Å². The molecule has 0 aliphatic heterocycles. The third kappa shape index (κ3) is 3.85. The summed E-state index contributed by atoms with van der Waals surface area (Å²) in [5, 5.41) is 0. The summed E-state index contributed by atoms with van der Waals surface area (Å²) in [6.45, 7) is 2.04. The molecule has 0 saturated heterocycles. The van der Waals surface area contributed by atoms with Gasteiger partial charge >= 0.3 is 5.97 Å². The molecule has 0 unspecified atom stereocenters. The summed E-state index contributed by atoms with van der Waals surface area (Å²) < 4.78 is 6.52. The van der Waals surface area contributed by atoms with Crippen molar-refractivity contribution in [1.82, 2.24) is 9.97 Å². The van der Waals surface area contributed by atoms with Crippen LogP contribution < -0.4 is 0 Å². The van der Waals surface area contributed by atoms with Gasteiger partial charge in [0.25, 0.3) is 0 Å². The van der Waals surface area contributed by atoms with Crippen LogP contribution in [0.2, 0.25) is 0 Å². The van der Waals surface area contributed by atoms with Crippen molar-refractivity contribution in [3.63, 3.8) is 0 Å². The smallest absolute Gasteiger partial charge is 0.343 e. The van der Waals surface area contributed by atoms with Gasteiger partial charge in [0.1, 0.15) is 25.4 Å². The zero-order valence-electron chi connectivity index (χ0n) is 10.1. The second-order valence-corrected chi connectivity index (χ2v) is 5.83. The highest BCUT2D eigenvalue weighted by Crippen LogP contribution is 2.17. The number of hydrogen-bond donors (Lipinski definition) is 0. The minimum Gasteiger partial charge on any atom is -0.457 e. The molecule has 19 heavy (non-hydrogen) atoms. The average Bonchev–Trinajstić information content (AvgIpc) is 2.36. The van der Waals surface area contributed by atoms with Crippen LogP contribution in [0.25, 0.3) is 0 Å². The number of ether oxygens (including phenoxy) is 1. The highest BCUT2D eigenvalue weighted by molar-refractivity contribution is 14.1. The maximum absolute atomic E-state index is 12.1. The van der Waals surface area contributed by atoms with E-state index in [1.165, 1.54) is 0 Å². The van der Waals surface area contributed by atoms with Gasteiger partial charge in [-0.3, -0.25) is 0 Å². The van der Waals surface area contributed by atoms with Crippen molar-refractivity contribution < 1.29 is 9.53 Å². The first-order chi connectivity index (χ1) is 9.08. The third-order valence-corrected chi connectivity index (χ3v) is 3.91. The number of aromatic nitrogens is 2. The molecule has 2 rings (SSSR count). The molecule has 0 N–H and O–H groups in total. The van der Waals surface area contributed by atoms with Crippen LogP contribution in [-0.2, 0) is 11.3 Å². The standard InChI is InChI=1S/C13H10I2N2O2/c1-8-16-11(14)10(12(15)17-8)13(18)19-7-9-5-3-2-4-6-9/h2-6H,7H2,1H3. The summed E-state index contributed by atoms with van der Waals surface area (Å²) in [7, 11) is 0. The van der Waals surface area contributed by atoms with Crippen LogP contribution in [-0.4, -0.2) is 15.9 Å². The summed E-state index contributed by atoms with van der Waals surface area (Å²) in [6.07, 6.45) is 0. The van der Waals surface area contributed by atoms with Crippen LogP contribution >= 0.6 is 45.2 Å². The molecular weight excluding hydrogens is 470 g/mol. The van der Waals surface area contributed by atoms with Gasteiger partial charge in [-0.15, -0.1) is 0 Å². The molecule has 1 heterocycles. The van der Waals surface area contributed by atoms with E-state index in [1.54, 1.807) is 6.92 Å². The van der Waals surface area contributed by atoms with Crippen LogP contribution in [0.5, 0.6) is 0 Å². The molecule has 0 spiro atoms. The van der Waals surface area contributed by atoms with Gasteiger partial charge < -0.3 is 4.74 Å². The molecule has 1 aromatic heterocycles. The first-order valence-corrected chi connectivity index (χ1v) is 7.64. The minimum atomic E-state index is -0.391. The fourth-order valence-corrected chi connectivity index (χ4v) is 3.64. The Labute approximate surface area is 138 Å². The van der Waals surface area contributed by atoms with E-state index in [4.69, 9.17) is 4.74 Å². The molecule has 98 valence electrons. The minimum absolute atomic E-state index is 0.250. The molecule has 0 fully saturated rings. The van der Waals surface area contributed by atoms with Crippen molar-refractivity contribution in [3.8, 4) is 0 Å². The van der Waals surface area contributed by atoms with Crippen molar-refractivity contribution in [2.45, 2.75) is 13.5 Å². The number of halogens is 2. The zero-order valence-corrected chi connectivity index (χ0v) is 14.4. The monoisotopic (exact) mass is 480 g/mol. The Kier molecular flexibility index (Phi) is 5.08. The van der Waals surface area contributed by atoms with Crippen molar-refractivity contribution in [2.24, 2.45) is 0 Å². The van der Waals surface area contributed by atoms with Crippen LogP contribution in [0.3, 0.4) is 0 Å². The number of rotatable bonds is 3. The molecule has 0 radical (unpaired) electrons.